The molecule has 0 fully saturated rings. The van der Waals surface area contributed by atoms with Crippen LogP contribution in [0, 0.1) is 0 Å². The average molecular weight is 89.1 g/mol. The summed E-state index contributed by atoms with van der Waals surface area (Å²) in [4.78, 5) is 3.65. The van der Waals surface area contributed by atoms with E-state index in [-0.39, 0.29) is 6.10 Å². The summed E-state index contributed by atoms with van der Waals surface area (Å²) in [5.41, 5.74) is 0. The van der Waals surface area contributed by atoms with Crippen molar-refractivity contribution in [3.63, 3.8) is 0 Å². The summed E-state index contributed by atoms with van der Waals surface area (Å²) in [6.45, 7) is 3.65. The largest absolute Gasteiger partial charge is 0.723 e. The Morgan fingerprint density at radius 2 is 2.33 bits per heavy atom. The molecule has 0 amide bonds. The summed E-state index contributed by atoms with van der Waals surface area (Å²) in [7, 11) is 0. The highest BCUT2D eigenvalue weighted by Crippen LogP contribution is 1.87. The van der Waals surface area contributed by atoms with E-state index in [9.17, 15) is 5.26 Å². The first-order valence-corrected chi connectivity index (χ1v) is 2.10. The van der Waals surface area contributed by atoms with E-state index < -0.39 is 0 Å². The van der Waals surface area contributed by atoms with Gasteiger partial charge in [0.05, 0.1) is 0 Å². The lowest BCUT2D eigenvalue weighted by Crippen LogP contribution is -2.15. The van der Waals surface area contributed by atoms with Gasteiger partial charge in [0.1, 0.15) is 0 Å². The van der Waals surface area contributed by atoms with Gasteiger partial charge in [-0.15, -0.1) is 0 Å². The van der Waals surface area contributed by atoms with Gasteiger partial charge in [-0.25, -0.2) is 0 Å². The van der Waals surface area contributed by atoms with Crippen LogP contribution in [-0.4, -0.2) is 6.10 Å². The first-order chi connectivity index (χ1) is 2.81. The van der Waals surface area contributed by atoms with E-state index in [2.05, 4.69) is 4.89 Å². The van der Waals surface area contributed by atoms with Gasteiger partial charge in [0.15, 0.2) is 0 Å². The van der Waals surface area contributed by atoms with Crippen LogP contribution in [-0.2, 0) is 4.89 Å². The molecule has 0 aromatic carbocycles. The third-order valence-corrected chi connectivity index (χ3v) is 0.739. The monoisotopic (exact) mass is 89.1 g/mol. The van der Waals surface area contributed by atoms with Crippen molar-refractivity contribution in [3.8, 4) is 0 Å². The second-order valence-electron chi connectivity index (χ2n) is 1.32. The quantitative estimate of drug-likeness (QED) is 0.354. The van der Waals surface area contributed by atoms with E-state index in [0.29, 0.717) is 0 Å². The SMILES string of the molecule is CCC(C)O[O-]. The van der Waals surface area contributed by atoms with Crippen LogP contribution in [0.2, 0.25) is 0 Å². The van der Waals surface area contributed by atoms with Gasteiger partial charge < -0.3 is 10.1 Å². The summed E-state index contributed by atoms with van der Waals surface area (Å²) in [6, 6.07) is 0. The minimum absolute atomic E-state index is 0.120. The van der Waals surface area contributed by atoms with Crippen molar-refractivity contribution in [1.82, 2.24) is 0 Å². The van der Waals surface area contributed by atoms with E-state index in [0.717, 1.165) is 6.42 Å². The van der Waals surface area contributed by atoms with Gasteiger partial charge >= 0.3 is 0 Å². The Balaban J connectivity index is 2.75. The molecule has 0 aliphatic carbocycles. The molecule has 0 spiro atoms. The molecule has 0 bridgehead atoms. The van der Waals surface area contributed by atoms with Gasteiger partial charge in [0.25, 0.3) is 0 Å². The summed E-state index contributed by atoms with van der Waals surface area (Å²) in [6.07, 6.45) is 0.675. The van der Waals surface area contributed by atoms with Crippen LogP contribution >= 0.6 is 0 Å². The predicted octanol–water partition coefficient (Wildman–Crippen LogP) is 0.0768. The fourth-order valence-electron chi connectivity index (χ4n) is 0.0680. The van der Waals surface area contributed by atoms with Gasteiger partial charge in [0.2, 0.25) is 0 Å². The highest BCUT2D eigenvalue weighted by atomic mass is 17.1. The van der Waals surface area contributed by atoms with E-state index in [1.807, 2.05) is 6.92 Å². The minimum atomic E-state index is -0.120. The van der Waals surface area contributed by atoms with Crippen LogP contribution in [0.25, 0.3) is 0 Å². The van der Waals surface area contributed by atoms with E-state index >= 15 is 0 Å². The third kappa shape index (κ3) is 2.18. The van der Waals surface area contributed by atoms with Crippen molar-refractivity contribution in [2.24, 2.45) is 0 Å². The molecule has 0 N–H and O–H groups in total. The molecule has 1 atom stereocenters. The fourth-order valence-corrected chi connectivity index (χ4v) is 0.0680. The molecule has 0 rings (SSSR count). The smallest absolute Gasteiger partial charge is 0.0420 e. The minimum Gasteiger partial charge on any atom is -0.723 e. The standard InChI is InChI=1S/C4H10O2/c1-3-4(2)6-5/h4-5H,3H2,1-2H3/p-1. The number of hydrogen-bond donors (Lipinski definition) is 0. The second-order valence-corrected chi connectivity index (χ2v) is 1.32. The molecule has 0 aromatic rings. The van der Waals surface area contributed by atoms with Crippen LogP contribution in [0.5, 0.6) is 0 Å². The molecule has 0 aliphatic heterocycles. The van der Waals surface area contributed by atoms with Gasteiger partial charge in [-0.3, -0.25) is 0 Å². The summed E-state index contributed by atoms with van der Waals surface area (Å²) < 4.78 is 0. The van der Waals surface area contributed by atoms with Crippen LogP contribution < -0.4 is 5.26 Å². The Hall–Kier alpha value is -0.0800. The van der Waals surface area contributed by atoms with Crippen molar-refractivity contribution >= 4 is 0 Å². The molecule has 0 saturated carbocycles. The summed E-state index contributed by atoms with van der Waals surface area (Å²) >= 11 is 0. The topological polar surface area (TPSA) is 32.3 Å². The van der Waals surface area contributed by atoms with Crippen LogP contribution in [0.4, 0.5) is 0 Å². The molecule has 0 saturated heterocycles. The lowest BCUT2D eigenvalue weighted by molar-refractivity contribution is -0.701. The highest BCUT2D eigenvalue weighted by molar-refractivity contribution is 4.36. The molecule has 2 nitrogen and oxygen atoms in total. The highest BCUT2D eigenvalue weighted by Gasteiger charge is 1.84. The van der Waals surface area contributed by atoms with Crippen molar-refractivity contribution in [2.45, 2.75) is 26.4 Å². The normalized spacial score (nSPS) is 14.5. The average Bonchev–Trinajstić information content (AvgIpc) is 1.65. The molecule has 6 heavy (non-hydrogen) atoms. The Labute approximate surface area is 37.7 Å². The van der Waals surface area contributed by atoms with Crippen molar-refractivity contribution in [3.05, 3.63) is 0 Å². The summed E-state index contributed by atoms with van der Waals surface area (Å²) in [5, 5.41) is 9.36. The molecule has 0 aliphatic rings. The van der Waals surface area contributed by atoms with E-state index in [4.69, 9.17) is 0 Å². The molecule has 2 heteroatoms. The zero-order valence-corrected chi connectivity index (χ0v) is 4.10. The lowest BCUT2D eigenvalue weighted by atomic mass is 10.3. The Morgan fingerprint density at radius 3 is 2.33 bits per heavy atom. The third-order valence-electron chi connectivity index (χ3n) is 0.739. The molecule has 1 unspecified atom stereocenters. The van der Waals surface area contributed by atoms with E-state index in [1.165, 1.54) is 0 Å². The first kappa shape index (κ1) is 5.92. The predicted molar refractivity (Wildman–Crippen MR) is 20.8 cm³/mol. The number of rotatable bonds is 2. The Bertz CT molecular complexity index is 24.7. The molecular formula is C4H9O2-. The maximum absolute atomic E-state index is 9.36. The first-order valence-electron chi connectivity index (χ1n) is 2.10. The molecule has 0 aromatic heterocycles. The van der Waals surface area contributed by atoms with Crippen molar-refractivity contribution in [2.75, 3.05) is 0 Å². The van der Waals surface area contributed by atoms with E-state index in [1.54, 1.807) is 6.92 Å². The second kappa shape index (κ2) is 3.12. The zero-order valence-electron chi connectivity index (χ0n) is 4.10. The zero-order chi connectivity index (χ0) is 4.99. The van der Waals surface area contributed by atoms with Crippen molar-refractivity contribution < 1.29 is 10.1 Å². The summed E-state index contributed by atoms with van der Waals surface area (Å²) in [5.74, 6) is 0. The van der Waals surface area contributed by atoms with Crippen molar-refractivity contribution in [1.29, 1.82) is 0 Å². The molecule has 0 radical (unpaired) electrons. The van der Waals surface area contributed by atoms with Gasteiger partial charge in [0, 0.05) is 6.10 Å². The number of hydrogen-bond acceptors (Lipinski definition) is 2. The molecular weight excluding hydrogens is 80.0 g/mol. The maximum Gasteiger partial charge on any atom is 0.0420 e. The Kier molecular flexibility index (Phi) is 3.08. The van der Waals surface area contributed by atoms with Gasteiger partial charge in [-0.1, -0.05) is 6.92 Å². The maximum atomic E-state index is 9.36. The van der Waals surface area contributed by atoms with Gasteiger partial charge in [-0.2, -0.15) is 0 Å². The lowest BCUT2D eigenvalue weighted by Gasteiger charge is -2.12. The Morgan fingerprint density at radius 1 is 1.83 bits per heavy atom. The molecule has 38 valence electrons. The van der Waals surface area contributed by atoms with Gasteiger partial charge in [-0.05, 0) is 13.3 Å². The van der Waals surface area contributed by atoms with Crippen LogP contribution in [0.3, 0.4) is 0 Å². The fraction of sp³-hybridized carbons (Fsp3) is 1.00. The van der Waals surface area contributed by atoms with Crippen LogP contribution in [0.15, 0.2) is 0 Å². The molecule has 0 heterocycles. The van der Waals surface area contributed by atoms with Crippen LogP contribution in [0.1, 0.15) is 20.3 Å².